The van der Waals surface area contributed by atoms with Crippen LogP contribution in [0.4, 0.5) is 0 Å². The molecule has 0 unspecified atom stereocenters. The van der Waals surface area contributed by atoms with E-state index in [-0.39, 0.29) is 0 Å². The van der Waals surface area contributed by atoms with Crippen molar-refractivity contribution in [1.29, 1.82) is 0 Å². The molecule has 6 aromatic carbocycles. The maximum absolute atomic E-state index is 2.74. The Hall–Kier alpha value is -4.12. The summed E-state index contributed by atoms with van der Waals surface area (Å²) >= 11 is 0. The van der Waals surface area contributed by atoms with E-state index < -0.39 is 40.4 Å². The normalized spacial score (nSPS) is 14.5. The second-order valence-corrected chi connectivity index (χ2v) is 45.8. The monoisotopic (exact) mass is 852 g/mol. The topological polar surface area (TPSA) is 0 Å². The highest BCUT2D eigenvalue weighted by Crippen LogP contribution is 2.44. The van der Waals surface area contributed by atoms with Gasteiger partial charge in [0.05, 0.1) is 32.3 Å². The first-order chi connectivity index (χ1) is 27.7. The zero-order chi connectivity index (χ0) is 42.1. The Morgan fingerprint density at radius 3 is 0.949 bits per heavy atom. The lowest BCUT2D eigenvalue weighted by Crippen LogP contribution is -2.62. The van der Waals surface area contributed by atoms with Crippen molar-refractivity contribution in [3.8, 4) is 22.3 Å². The fourth-order valence-corrected chi connectivity index (χ4v) is 19.8. The standard InChI is InChI=1S/C54H64Si5/c1-55(2,3)45-31-41(32-46(35-45)56(4,5)6)51-27-19-21-39-29-49(37-53(39)51)59(43-23-15-13-16-24-43,44-25-17-14-18-26-44)50-30-40-22-20-28-52(54(40)38-50)42-33-47(57(7,8)9)36-48(34-42)58(10,11)12/h13-28,31-38H,29-30H2,1-12H3. The van der Waals surface area contributed by atoms with Crippen LogP contribution in [-0.4, -0.2) is 40.4 Å². The summed E-state index contributed by atoms with van der Waals surface area (Å²) in [5.41, 5.74) is 11.4. The van der Waals surface area contributed by atoms with Crippen LogP contribution in [0.2, 0.25) is 78.6 Å². The highest BCUT2D eigenvalue weighted by atomic mass is 28.3. The van der Waals surface area contributed by atoms with Gasteiger partial charge in [0.15, 0.2) is 8.07 Å². The molecule has 6 aromatic rings. The van der Waals surface area contributed by atoms with E-state index >= 15 is 0 Å². The summed E-state index contributed by atoms with van der Waals surface area (Å²) in [5, 5.41) is 12.5. The predicted octanol–water partition coefficient (Wildman–Crippen LogP) is 11.1. The Kier molecular flexibility index (Phi) is 10.7. The van der Waals surface area contributed by atoms with Gasteiger partial charge in [-0.25, -0.2) is 0 Å². The quantitative estimate of drug-likeness (QED) is 0.120. The van der Waals surface area contributed by atoms with Crippen molar-refractivity contribution in [3.05, 3.63) is 166 Å². The smallest absolute Gasteiger partial charge is 0.0656 e. The average Bonchev–Trinajstić information content (AvgIpc) is 3.83. The maximum Gasteiger partial charge on any atom is 0.172 e. The third kappa shape index (κ3) is 7.86. The van der Waals surface area contributed by atoms with Crippen LogP contribution in [0, 0.1) is 0 Å². The summed E-state index contributed by atoms with van der Waals surface area (Å²) in [7, 11) is -8.97. The molecule has 0 spiro atoms. The highest BCUT2D eigenvalue weighted by molar-refractivity contribution is 7.13. The predicted molar refractivity (Wildman–Crippen MR) is 277 cm³/mol. The van der Waals surface area contributed by atoms with Crippen LogP contribution in [-0.2, 0) is 12.8 Å². The molecule has 0 fully saturated rings. The molecule has 0 bridgehead atoms. The summed E-state index contributed by atoms with van der Waals surface area (Å²) in [6, 6.07) is 53.0. The Morgan fingerprint density at radius 1 is 0.322 bits per heavy atom. The molecule has 0 heterocycles. The maximum atomic E-state index is 2.68. The molecule has 0 N–H and O–H groups in total. The molecule has 0 aliphatic heterocycles. The van der Waals surface area contributed by atoms with Crippen molar-refractivity contribution < 1.29 is 0 Å². The summed E-state index contributed by atoms with van der Waals surface area (Å²) in [6.07, 6.45) is 7.31. The molecular weight excluding hydrogens is 789 g/mol. The van der Waals surface area contributed by atoms with Crippen molar-refractivity contribution in [2.24, 2.45) is 0 Å². The fourth-order valence-electron chi connectivity index (χ4n) is 9.51. The van der Waals surface area contributed by atoms with E-state index in [0.717, 1.165) is 12.8 Å². The SMILES string of the molecule is C[Si](C)(C)c1cc(-c2cccc3c2C=C([Si](C2=Cc4c(cccc4-c4cc([Si](C)(C)C)cc([Si](C)(C)C)c4)C2)(c2ccccc2)c2ccccc2)C3)cc([Si](C)(C)C)c1. The Bertz CT molecular complexity index is 2370. The van der Waals surface area contributed by atoms with E-state index in [1.54, 1.807) is 31.1 Å². The van der Waals surface area contributed by atoms with Crippen LogP contribution >= 0.6 is 0 Å². The number of allylic oxidation sites excluding steroid dienone is 2. The van der Waals surface area contributed by atoms with Gasteiger partial charge in [-0.1, -0.05) is 255 Å². The average molecular weight is 854 g/mol. The van der Waals surface area contributed by atoms with Crippen LogP contribution < -0.4 is 31.1 Å². The first-order valence-corrected chi connectivity index (χ1v) is 37.8. The van der Waals surface area contributed by atoms with Crippen molar-refractivity contribution in [1.82, 2.24) is 0 Å². The number of hydrogen-bond donors (Lipinski definition) is 0. The molecule has 300 valence electrons. The minimum absolute atomic E-state index is 0.978. The van der Waals surface area contributed by atoms with Crippen molar-refractivity contribution in [2.45, 2.75) is 91.4 Å². The zero-order valence-corrected chi connectivity index (χ0v) is 42.8. The molecule has 0 aromatic heterocycles. The molecular formula is C54H64Si5. The number of fused-ring (bicyclic) bond motifs is 2. The summed E-state index contributed by atoms with van der Waals surface area (Å²) in [5.74, 6) is 0. The van der Waals surface area contributed by atoms with Crippen LogP contribution in [0.5, 0.6) is 0 Å². The van der Waals surface area contributed by atoms with E-state index in [9.17, 15) is 0 Å². The minimum atomic E-state index is -2.74. The molecule has 0 radical (unpaired) electrons. The first kappa shape index (κ1) is 41.6. The Morgan fingerprint density at radius 2 is 0.644 bits per heavy atom. The van der Waals surface area contributed by atoms with Gasteiger partial charge in [-0.3, -0.25) is 0 Å². The lowest BCUT2D eigenvalue weighted by atomic mass is 9.97. The van der Waals surface area contributed by atoms with Gasteiger partial charge >= 0.3 is 0 Å². The van der Waals surface area contributed by atoms with Crippen molar-refractivity contribution >= 4 is 83.6 Å². The molecule has 0 saturated heterocycles. The van der Waals surface area contributed by atoms with Gasteiger partial charge < -0.3 is 0 Å². The number of hydrogen-bond acceptors (Lipinski definition) is 0. The fraction of sp³-hybridized carbons (Fsp3) is 0.259. The second kappa shape index (κ2) is 15.1. The van der Waals surface area contributed by atoms with Gasteiger partial charge in [-0.2, -0.15) is 0 Å². The zero-order valence-electron chi connectivity index (χ0n) is 37.8. The van der Waals surface area contributed by atoms with Gasteiger partial charge in [0.2, 0.25) is 0 Å². The Balaban J connectivity index is 1.37. The lowest BCUT2D eigenvalue weighted by Gasteiger charge is -2.36. The molecule has 5 heteroatoms. The number of rotatable bonds is 10. The lowest BCUT2D eigenvalue weighted by molar-refractivity contribution is 1.24. The van der Waals surface area contributed by atoms with Crippen molar-refractivity contribution in [3.63, 3.8) is 0 Å². The highest BCUT2D eigenvalue weighted by Gasteiger charge is 2.47. The molecule has 0 nitrogen and oxygen atoms in total. The summed E-state index contributed by atoms with van der Waals surface area (Å²) in [4.78, 5) is 0. The van der Waals surface area contributed by atoms with Gasteiger partial charge in [0.1, 0.15) is 0 Å². The molecule has 0 saturated carbocycles. The molecule has 2 aliphatic carbocycles. The molecule has 59 heavy (non-hydrogen) atoms. The molecule has 0 atom stereocenters. The molecule has 0 amide bonds. The van der Waals surface area contributed by atoms with Crippen LogP contribution in [0.15, 0.2) is 144 Å². The van der Waals surface area contributed by atoms with E-state index in [1.165, 1.54) is 54.9 Å². The van der Waals surface area contributed by atoms with Crippen LogP contribution in [0.3, 0.4) is 0 Å². The second-order valence-electron chi connectivity index (χ2n) is 21.5. The van der Waals surface area contributed by atoms with Gasteiger partial charge in [0.25, 0.3) is 0 Å². The minimum Gasteiger partial charge on any atom is -0.0656 e. The first-order valence-electron chi connectivity index (χ1n) is 21.8. The molecule has 2 aliphatic rings. The molecule has 8 rings (SSSR count). The Labute approximate surface area is 361 Å². The van der Waals surface area contributed by atoms with E-state index in [2.05, 4.69) is 224 Å². The van der Waals surface area contributed by atoms with Gasteiger partial charge in [0, 0.05) is 0 Å². The van der Waals surface area contributed by atoms with Crippen LogP contribution in [0.1, 0.15) is 22.3 Å². The van der Waals surface area contributed by atoms with E-state index in [4.69, 9.17) is 0 Å². The third-order valence-electron chi connectivity index (χ3n) is 13.1. The number of benzene rings is 6. The third-order valence-corrected chi connectivity index (χ3v) is 26.2. The van der Waals surface area contributed by atoms with E-state index in [0.29, 0.717) is 0 Å². The van der Waals surface area contributed by atoms with Gasteiger partial charge in [-0.05, 0) is 67.7 Å². The summed E-state index contributed by atoms with van der Waals surface area (Å²) < 4.78 is 0. The van der Waals surface area contributed by atoms with E-state index in [1.807, 2.05) is 0 Å². The van der Waals surface area contributed by atoms with Gasteiger partial charge in [-0.15, -0.1) is 0 Å². The largest absolute Gasteiger partial charge is 0.172 e. The van der Waals surface area contributed by atoms with Crippen molar-refractivity contribution in [2.75, 3.05) is 0 Å². The van der Waals surface area contributed by atoms with Crippen LogP contribution in [0.25, 0.3) is 34.4 Å². The summed E-state index contributed by atoms with van der Waals surface area (Å²) in [6.45, 7) is 30.0.